The topological polar surface area (TPSA) is 50.7 Å². The van der Waals surface area contributed by atoms with Crippen molar-refractivity contribution >= 4 is 34.2 Å². The predicted molar refractivity (Wildman–Crippen MR) is 91.8 cm³/mol. The van der Waals surface area contributed by atoms with Crippen LogP contribution in [0.5, 0.6) is 5.75 Å². The van der Waals surface area contributed by atoms with E-state index in [9.17, 15) is 4.79 Å². The molecule has 0 fully saturated rings. The molecule has 1 N–H and O–H groups in total. The monoisotopic (exact) mass is 394 g/mol. The number of nitrogens with one attached hydrogen (secondary N) is 1. The molecule has 0 aliphatic heterocycles. The lowest BCUT2D eigenvalue weighted by molar-refractivity contribution is 0.0954. The number of halogens is 1. The number of amides is 1. The van der Waals surface area contributed by atoms with E-state index in [1.807, 2.05) is 37.3 Å². The van der Waals surface area contributed by atoms with Gasteiger partial charge in [0.1, 0.15) is 5.75 Å². The molecule has 2 aromatic rings. The molecular formula is C16H15IN2O2. The number of carbonyl (C=O) groups excluding carboxylic acids is 1. The van der Waals surface area contributed by atoms with Crippen molar-refractivity contribution < 1.29 is 9.53 Å². The minimum absolute atomic E-state index is 0.245. The highest BCUT2D eigenvalue weighted by Crippen LogP contribution is 2.21. The van der Waals surface area contributed by atoms with Crippen molar-refractivity contribution in [3.05, 3.63) is 63.2 Å². The van der Waals surface area contributed by atoms with E-state index < -0.39 is 0 Å². The molecule has 0 aromatic heterocycles. The van der Waals surface area contributed by atoms with Crippen molar-refractivity contribution in [3.63, 3.8) is 0 Å². The smallest absolute Gasteiger partial charge is 0.271 e. The van der Waals surface area contributed by atoms with Crippen LogP contribution in [0, 0.1) is 3.57 Å². The summed E-state index contributed by atoms with van der Waals surface area (Å²) in [4.78, 5) is 12.1. The second kappa shape index (κ2) is 7.21. The molecule has 2 rings (SSSR count). The molecule has 2 aromatic carbocycles. The number of hydrazone groups is 1. The molecule has 5 heteroatoms. The molecule has 0 heterocycles. The minimum Gasteiger partial charge on any atom is -0.496 e. The fourth-order valence-corrected chi connectivity index (χ4v) is 2.49. The van der Waals surface area contributed by atoms with Gasteiger partial charge in [-0.25, -0.2) is 5.43 Å². The Morgan fingerprint density at radius 1 is 1.14 bits per heavy atom. The second-order valence-corrected chi connectivity index (χ2v) is 5.52. The van der Waals surface area contributed by atoms with Crippen molar-refractivity contribution in [3.8, 4) is 5.75 Å². The van der Waals surface area contributed by atoms with Crippen LogP contribution in [0.15, 0.2) is 53.6 Å². The maximum atomic E-state index is 12.1. The minimum atomic E-state index is -0.245. The Morgan fingerprint density at radius 2 is 1.86 bits per heavy atom. The summed E-state index contributed by atoms with van der Waals surface area (Å²) < 4.78 is 6.05. The average molecular weight is 394 g/mol. The summed E-state index contributed by atoms with van der Waals surface area (Å²) in [5, 5.41) is 4.13. The maximum Gasteiger partial charge on any atom is 0.271 e. The second-order valence-electron chi connectivity index (χ2n) is 4.35. The number of benzene rings is 2. The summed E-state index contributed by atoms with van der Waals surface area (Å²) in [6.07, 6.45) is 0. The van der Waals surface area contributed by atoms with Gasteiger partial charge in [0.2, 0.25) is 0 Å². The summed E-state index contributed by atoms with van der Waals surface area (Å²) in [7, 11) is 1.60. The summed E-state index contributed by atoms with van der Waals surface area (Å²) >= 11 is 2.13. The average Bonchev–Trinajstić information content (AvgIpc) is 2.53. The Balaban J connectivity index is 2.10. The number of hydrogen-bond donors (Lipinski definition) is 1. The van der Waals surface area contributed by atoms with Gasteiger partial charge in [0.05, 0.1) is 16.4 Å². The number of carbonyl (C=O) groups is 1. The van der Waals surface area contributed by atoms with Crippen molar-refractivity contribution in [1.29, 1.82) is 0 Å². The first kappa shape index (κ1) is 15.5. The lowest BCUT2D eigenvalue weighted by Crippen LogP contribution is -2.19. The first-order valence-electron chi connectivity index (χ1n) is 6.35. The van der Waals surface area contributed by atoms with Gasteiger partial charge in [-0.05, 0) is 53.3 Å². The Kier molecular flexibility index (Phi) is 5.32. The van der Waals surface area contributed by atoms with Crippen LogP contribution >= 0.6 is 22.6 Å². The maximum absolute atomic E-state index is 12.1. The van der Waals surface area contributed by atoms with E-state index in [4.69, 9.17) is 4.74 Å². The molecule has 0 spiro atoms. The summed E-state index contributed by atoms with van der Waals surface area (Å²) in [6.45, 7) is 1.85. The van der Waals surface area contributed by atoms with Gasteiger partial charge < -0.3 is 4.74 Å². The number of rotatable bonds is 4. The number of methoxy groups -OCH3 is 1. The highest BCUT2D eigenvalue weighted by atomic mass is 127. The third-order valence-corrected chi connectivity index (χ3v) is 3.77. The van der Waals surface area contributed by atoms with Gasteiger partial charge in [0.15, 0.2) is 0 Å². The fourth-order valence-electron chi connectivity index (χ4n) is 1.75. The summed E-state index contributed by atoms with van der Waals surface area (Å²) in [5.41, 5.74) is 4.84. The zero-order valence-electron chi connectivity index (χ0n) is 11.8. The quantitative estimate of drug-likeness (QED) is 0.491. The van der Waals surface area contributed by atoms with Crippen LogP contribution in [0.25, 0.3) is 0 Å². The highest BCUT2D eigenvalue weighted by molar-refractivity contribution is 14.1. The SMILES string of the molecule is COc1ccc(C(=O)N/N=C(/C)c2ccccc2)cc1I. The number of nitrogens with zero attached hydrogens (tertiary/aromatic N) is 1. The van der Waals surface area contributed by atoms with Gasteiger partial charge in [-0.3, -0.25) is 4.79 Å². The van der Waals surface area contributed by atoms with Gasteiger partial charge in [0.25, 0.3) is 5.91 Å². The van der Waals surface area contributed by atoms with Crippen molar-refractivity contribution in [2.24, 2.45) is 5.10 Å². The van der Waals surface area contributed by atoms with Crippen LogP contribution in [0.3, 0.4) is 0 Å². The molecule has 0 saturated heterocycles. The molecule has 0 bridgehead atoms. The normalized spacial score (nSPS) is 11.1. The van der Waals surface area contributed by atoms with E-state index >= 15 is 0 Å². The molecule has 4 nitrogen and oxygen atoms in total. The molecule has 21 heavy (non-hydrogen) atoms. The Morgan fingerprint density at radius 3 is 2.48 bits per heavy atom. The zero-order chi connectivity index (χ0) is 15.2. The van der Waals surface area contributed by atoms with Gasteiger partial charge in [-0.1, -0.05) is 30.3 Å². The first-order valence-corrected chi connectivity index (χ1v) is 7.43. The Hall–Kier alpha value is -1.89. The van der Waals surface area contributed by atoms with E-state index in [2.05, 4.69) is 33.1 Å². The number of ether oxygens (including phenoxy) is 1. The molecule has 0 unspecified atom stereocenters. The predicted octanol–water partition coefficient (Wildman–Crippen LogP) is 3.45. The molecule has 108 valence electrons. The van der Waals surface area contributed by atoms with Crippen LogP contribution in [-0.4, -0.2) is 18.7 Å². The van der Waals surface area contributed by atoms with Gasteiger partial charge in [-0.15, -0.1) is 0 Å². The van der Waals surface area contributed by atoms with Crippen molar-refractivity contribution in [2.75, 3.05) is 7.11 Å². The van der Waals surface area contributed by atoms with E-state index in [0.717, 1.165) is 20.6 Å². The van der Waals surface area contributed by atoms with E-state index in [1.165, 1.54) is 0 Å². The lowest BCUT2D eigenvalue weighted by atomic mass is 10.1. The lowest BCUT2D eigenvalue weighted by Gasteiger charge is -2.06. The van der Waals surface area contributed by atoms with E-state index in [1.54, 1.807) is 25.3 Å². The van der Waals surface area contributed by atoms with Crippen LogP contribution in [-0.2, 0) is 0 Å². The molecular weight excluding hydrogens is 379 g/mol. The highest BCUT2D eigenvalue weighted by Gasteiger charge is 2.08. The van der Waals surface area contributed by atoms with Crippen LogP contribution in [0.2, 0.25) is 0 Å². The van der Waals surface area contributed by atoms with E-state index in [0.29, 0.717) is 5.56 Å². The molecule has 0 atom stereocenters. The standard InChI is InChI=1S/C16H15IN2O2/c1-11(12-6-4-3-5-7-12)18-19-16(20)13-8-9-15(21-2)14(17)10-13/h3-10H,1-2H3,(H,19,20)/b18-11-. The third-order valence-electron chi connectivity index (χ3n) is 2.93. The van der Waals surface area contributed by atoms with Gasteiger partial charge in [0, 0.05) is 5.56 Å². The van der Waals surface area contributed by atoms with Crippen molar-refractivity contribution in [1.82, 2.24) is 5.43 Å². The third kappa shape index (κ3) is 4.04. The van der Waals surface area contributed by atoms with Gasteiger partial charge >= 0.3 is 0 Å². The summed E-state index contributed by atoms with van der Waals surface area (Å²) in [6, 6.07) is 14.9. The molecule has 1 amide bonds. The van der Waals surface area contributed by atoms with E-state index in [-0.39, 0.29) is 5.91 Å². The van der Waals surface area contributed by atoms with Crippen molar-refractivity contribution in [2.45, 2.75) is 6.92 Å². The molecule has 0 aliphatic rings. The largest absolute Gasteiger partial charge is 0.496 e. The Labute approximate surface area is 137 Å². The number of hydrogen-bond acceptors (Lipinski definition) is 3. The molecule has 0 saturated carbocycles. The van der Waals surface area contributed by atoms with Crippen LogP contribution in [0.1, 0.15) is 22.8 Å². The fraction of sp³-hybridized carbons (Fsp3) is 0.125. The van der Waals surface area contributed by atoms with Crippen LogP contribution < -0.4 is 10.2 Å². The first-order chi connectivity index (χ1) is 10.1. The van der Waals surface area contributed by atoms with Gasteiger partial charge in [-0.2, -0.15) is 5.10 Å². The zero-order valence-corrected chi connectivity index (χ0v) is 13.9. The summed E-state index contributed by atoms with van der Waals surface area (Å²) in [5.74, 6) is 0.502. The van der Waals surface area contributed by atoms with Crippen LogP contribution in [0.4, 0.5) is 0 Å². The molecule has 0 radical (unpaired) electrons. The molecule has 0 aliphatic carbocycles. The Bertz CT molecular complexity index is 669.